The molecule has 1 rings (SSSR count). The van der Waals surface area contributed by atoms with Gasteiger partial charge in [0, 0.05) is 18.8 Å². The molecule has 0 aliphatic rings. The molecule has 0 aromatic heterocycles. The minimum absolute atomic E-state index is 0.171. The highest BCUT2D eigenvalue weighted by atomic mass is 32.2. The third-order valence-corrected chi connectivity index (χ3v) is 4.09. The minimum atomic E-state index is -3.29. The molecule has 1 aromatic carbocycles. The third-order valence-electron chi connectivity index (χ3n) is 2.94. The van der Waals surface area contributed by atoms with Crippen molar-refractivity contribution < 1.29 is 8.42 Å². The Labute approximate surface area is 109 Å². The van der Waals surface area contributed by atoms with Crippen molar-refractivity contribution in [1.82, 2.24) is 4.90 Å². The van der Waals surface area contributed by atoms with Gasteiger partial charge in [-0.25, -0.2) is 8.42 Å². The van der Waals surface area contributed by atoms with Crippen LogP contribution in [-0.4, -0.2) is 46.3 Å². The van der Waals surface area contributed by atoms with Gasteiger partial charge >= 0.3 is 0 Å². The van der Waals surface area contributed by atoms with E-state index >= 15 is 0 Å². The van der Waals surface area contributed by atoms with Gasteiger partial charge in [-0.3, -0.25) is 0 Å². The lowest BCUT2D eigenvalue weighted by Crippen LogP contribution is -2.31. The lowest BCUT2D eigenvalue weighted by atomic mass is 10.2. The molecule has 0 radical (unpaired) electrons. The third kappa shape index (κ3) is 3.61. The summed E-state index contributed by atoms with van der Waals surface area (Å²) < 4.78 is 23.1. The normalized spacial score (nSPS) is 13.6. The number of nitrogens with two attached hydrogens (primary N) is 1. The molecule has 1 unspecified atom stereocenters. The molecule has 3 N–H and O–H groups in total. The van der Waals surface area contributed by atoms with Gasteiger partial charge in [0.15, 0.2) is 9.84 Å². The first-order valence-corrected chi connectivity index (χ1v) is 7.61. The fourth-order valence-electron chi connectivity index (χ4n) is 1.46. The van der Waals surface area contributed by atoms with E-state index in [-0.39, 0.29) is 10.6 Å². The Bertz CT molecular complexity index is 512. The first-order chi connectivity index (χ1) is 8.23. The highest BCUT2D eigenvalue weighted by Crippen LogP contribution is 2.26. The maximum atomic E-state index is 11.5. The Morgan fingerprint density at radius 3 is 2.50 bits per heavy atom. The second kappa shape index (κ2) is 5.58. The highest BCUT2D eigenvalue weighted by molar-refractivity contribution is 7.90. The number of para-hydroxylation sites is 1. The number of nitrogen functional groups attached to an aromatic ring is 1. The quantitative estimate of drug-likeness (QED) is 0.782. The number of rotatable bonds is 5. The predicted octanol–water partition coefficient (Wildman–Crippen LogP) is 1.03. The summed E-state index contributed by atoms with van der Waals surface area (Å²) in [6, 6.07) is 5.32. The summed E-state index contributed by atoms with van der Waals surface area (Å²) >= 11 is 0. The van der Waals surface area contributed by atoms with E-state index < -0.39 is 9.84 Å². The van der Waals surface area contributed by atoms with Crippen LogP contribution in [0.25, 0.3) is 0 Å². The van der Waals surface area contributed by atoms with Gasteiger partial charge in [-0.1, -0.05) is 6.07 Å². The molecule has 0 bridgehead atoms. The molecule has 0 heterocycles. The van der Waals surface area contributed by atoms with Crippen LogP contribution in [-0.2, 0) is 9.84 Å². The molecule has 5 nitrogen and oxygen atoms in total. The number of likely N-dealkylation sites (N-methyl/N-ethyl adjacent to an activating group) is 1. The largest absolute Gasteiger partial charge is 0.396 e. The van der Waals surface area contributed by atoms with E-state index in [4.69, 9.17) is 5.73 Å². The SMILES string of the molecule is CC(CNc1cccc(S(C)(=O)=O)c1N)N(C)C. The van der Waals surface area contributed by atoms with E-state index in [9.17, 15) is 8.42 Å². The zero-order valence-corrected chi connectivity index (χ0v) is 12.1. The van der Waals surface area contributed by atoms with Crippen molar-refractivity contribution >= 4 is 21.2 Å². The highest BCUT2D eigenvalue weighted by Gasteiger charge is 2.14. The molecule has 0 aliphatic carbocycles. The molecular weight excluding hydrogens is 250 g/mol. The number of hydrogen-bond donors (Lipinski definition) is 2. The number of hydrogen-bond acceptors (Lipinski definition) is 5. The first-order valence-electron chi connectivity index (χ1n) is 5.72. The summed E-state index contributed by atoms with van der Waals surface area (Å²) in [5.41, 5.74) is 6.82. The summed E-state index contributed by atoms with van der Waals surface area (Å²) in [7, 11) is 0.691. The van der Waals surface area contributed by atoms with Gasteiger partial charge in [-0.05, 0) is 33.2 Å². The van der Waals surface area contributed by atoms with Crippen LogP contribution >= 0.6 is 0 Å². The Morgan fingerprint density at radius 2 is 2.00 bits per heavy atom. The van der Waals surface area contributed by atoms with E-state index in [1.54, 1.807) is 12.1 Å². The lowest BCUT2D eigenvalue weighted by Gasteiger charge is -2.21. The molecule has 0 saturated heterocycles. The van der Waals surface area contributed by atoms with Gasteiger partial charge < -0.3 is 16.0 Å². The molecule has 0 spiro atoms. The van der Waals surface area contributed by atoms with Crippen LogP contribution in [0.3, 0.4) is 0 Å². The smallest absolute Gasteiger partial charge is 0.177 e. The molecule has 102 valence electrons. The van der Waals surface area contributed by atoms with Gasteiger partial charge in [0.05, 0.1) is 16.3 Å². The fourth-order valence-corrected chi connectivity index (χ4v) is 2.30. The Morgan fingerprint density at radius 1 is 1.39 bits per heavy atom. The average molecular weight is 271 g/mol. The van der Waals surface area contributed by atoms with Crippen molar-refractivity contribution in [3.05, 3.63) is 18.2 Å². The Kier molecular flexibility index (Phi) is 4.59. The monoisotopic (exact) mass is 271 g/mol. The lowest BCUT2D eigenvalue weighted by molar-refractivity contribution is 0.326. The zero-order valence-electron chi connectivity index (χ0n) is 11.3. The summed E-state index contributed by atoms with van der Waals surface area (Å²) in [6.07, 6.45) is 1.16. The average Bonchev–Trinajstić information content (AvgIpc) is 2.25. The topological polar surface area (TPSA) is 75.4 Å². The van der Waals surface area contributed by atoms with Crippen molar-refractivity contribution in [1.29, 1.82) is 0 Å². The van der Waals surface area contributed by atoms with Crippen LogP contribution in [0.15, 0.2) is 23.1 Å². The van der Waals surface area contributed by atoms with E-state index in [1.165, 1.54) is 6.07 Å². The van der Waals surface area contributed by atoms with Crippen LogP contribution in [0.4, 0.5) is 11.4 Å². The number of anilines is 2. The molecule has 18 heavy (non-hydrogen) atoms. The van der Waals surface area contributed by atoms with E-state index in [1.807, 2.05) is 14.1 Å². The van der Waals surface area contributed by atoms with Crippen molar-refractivity contribution in [2.24, 2.45) is 0 Å². The van der Waals surface area contributed by atoms with Crippen molar-refractivity contribution in [3.63, 3.8) is 0 Å². The van der Waals surface area contributed by atoms with Crippen LogP contribution in [0.1, 0.15) is 6.92 Å². The van der Waals surface area contributed by atoms with Gasteiger partial charge in [0.2, 0.25) is 0 Å². The summed E-state index contributed by atoms with van der Waals surface area (Å²) in [6.45, 7) is 2.77. The summed E-state index contributed by atoms with van der Waals surface area (Å²) in [4.78, 5) is 2.24. The van der Waals surface area contributed by atoms with Crippen molar-refractivity contribution in [2.75, 3.05) is 37.9 Å². The number of benzene rings is 1. The Hall–Kier alpha value is -1.27. The van der Waals surface area contributed by atoms with Crippen LogP contribution in [0.2, 0.25) is 0 Å². The number of sulfone groups is 1. The summed E-state index contributed by atoms with van der Waals surface area (Å²) in [5.74, 6) is 0. The minimum Gasteiger partial charge on any atom is -0.396 e. The molecule has 0 aliphatic heterocycles. The molecule has 0 saturated carbocycles. The molecule has 6 heteroatoms. The standard InChI is InChI=1S/C12H21N3O2S/c1-9(15(2)3)8-14-10-6-5-7-11(12(10)13)18(4,16)17/h5-7,9,14H,8,13H2,1-4H3. The number of nitrogens with one attached hydrogen (secondary N) is 1. The summed E-state index contributed by atoms with van der Waals surface area (Å²) in [5, 5.41) is 3.18. The van der Waals surface area contributed by atoms with Crippen molar-refractivity contribution in [3.8, 4) is 0 Å². The van der Waals surface area contributed by atoms with E-state index in [0.717, 1.165) is 6.26 Å². The maximum Gasteiger partial charge on any atom is 0.177 e. The Balaban J connectivity index is 2.92. The number of nitrogens with zero attached hydrogens (tertiary/aromatic N) is 1. The van der Waals surface area contributed by atoms with Gasteiger partial charge in [0.25, 0.3) is 0 Å². The molecular formula is C12H21N3O2S. The zero-order chi connectivity index (χ0) is 13.9. The second-order valence-electron chi connectivity index (χ2n) is 4.68. The second-order valence-corrected chi connectivity index (χ2v) is 6.67. The van der Waals surface area contributed by atoms with Gasteiger partial charge in [0.1, 0.15) is 0 Å². The maximum absolute atomic E-state index is 11.5. The van der Waals surface area contributed by atoms with E-state index in [0.29, 0.717) is 18.3 Å². The van der Waals surface area contributed by atoms with Crippen LogP contribution in [0.5, 0.6) is 0 Å². The molecule has 0 fully saturated rings. The molecule has 1 aromatic rings. The van der Waals surface area contributed by atoms with Crippen molar-refractivity contribution in [2.45, 2.75) is 17.9 Å². The van der Waals surface area contributed by atoms with Crippen LogP contribution < -0.4 is 11.1 Å². The molecule has 1 atom stereocenters. The van der Waals surface area contributed by atoms with Gasteiger partial charge in [-0.2, -0.15) is 0 Å². The van der Waals surface area contributed by atoms with Gasteiger partial charge in [-0.15, -0.1) is 0 Å². The van der Waals surface area contributed by atoms with E-state index in [2.05, 4.69) is 17.1 Å². The fraction of sp³-hybridized carbons (Fsp3) is 0.500. The van der Waals surface area contributed by atoms with Crippen LogP contribution in [0, 0.1) is 0 Å². The predicted molar refractivity (Wildman–Crippen MR) is 75.6 cm³/mol. The first kappa shape index (κ1) is 14.8. The molecule has 0 amide bonds.